The smallest absolute Gasteiger partial charge is 0.406 e. The second-order valence-corrected chi connectivity index (χ2v) is 7.67. The lowest BCUT2D eigenvalue weighted by Crippen LogP contribution is -2.43. The summed E-state index contributed by atoms with van der Waals surface area (Å²) in [5.74, 6) is -0.246. The van der Waals surface area contributed by atoms with Crippen LogP contribution < -0.4 is 10.1 Å². The molecule has 0 amide bonds. The fraction of sp³-hybridized carbons (Fsp3) is 0.391. The number of nitrogens with one attached hydrogen (secondary N) is 1. The van der Waals surface area contributed by atoms with E-state index in [2.05, 4.69) is 21.1 Å². The largest absolute Gasteiger partial charge is 0.573 e. The van der Waals surface area contributed by atoms with Crippen molar-refractivity contribution < 1.29 is 27.4 Å². The Bertz CT molecular complexity index is 1030. The summed E-state index contributed by atoms with van der Waals surface area (Å²) < 4.78 is 52.6. The van der Waals surface area contributed by atoms with Crippen LogP contribution in [-0.2, 0) is 9.47 Å². The number of nitriles is 1. The van der Waals surface area contributed by atoms with Crippen molar-refractivity contribution in [3.05, 3.63) is 53.7 Å². The lowest BCUT2D eigenvalue weighted by molar-refractivity contribution is -0.274. The quantitative estimate of drug-likeness (QED) is 0.578. The molecule has 1 aromatic carbocycles. The molecule has 1 N–H and O–H groups in total. The monoisotopic (exact) mass is 445 g/mol. The van der Waals surface area contributed by atoms with Gasteiger partial charge < -0.3 is 19.5 Å². The normalized spacial score (nSPS) is 18.3. The summed E-state index contributed by atoms with van der Waals surface area (Å²) in [7, 11) is 0. The van der Waals surface area contributed by atoms with Crippen LogP contribution in [-0.4, -0.2) is 30.3 Å². The molecule has 2 heterocycles. The van der Waals surface area contributed by atoms with Crippen molar-refractivity contribution in [1.29, 1.82) is 5.26 Å². The minimum Gasteiger partial charge on any atom is -0.406 e. The lowest BCUT2D eigenvalue weighted by atomic mass is 9.72. The standard InChI is InChI=1S/C23H22F3N3O3/c1-2-3-15(14-27)20-19(16-12-22(13-16)30-10-11-31-22)8-9-28-21(20)29-17-4-6-18(7-5-17)32-23(24,25)26/h3-9,16H,2,10-13H2,1H3,(H,28,29)/b15-3+. The van der Waals surface area contributed by atoms with E-state index in [4.69, 9.17) is 9.47 Å². The van der Waals surface area contributed by atoms with Crippen molar-refractivity contribution >= 4 is 17.1 Å². The molecule has 0 unspecified atom stereocenters. The second kappa shape index (κ2) is 8.81. The molecule has 0 bridgehead atoms. The van der Waals surface area contributed by atoms with Gasteiger partial charge in [-0.15, -0.1) is 13.2 Å². The first-order valence-electron chi connectivity index (χ1n) is 10.3. The molecule has 2 fully saturated rings. The van der Waals surface area contributed by atoms with E-state index in [1.54, 1.807) is 6.20 Å². The first-order valence-corrected chi connectivity index (χ1v) is 10.3. The molecule has 0 atom stereocenters. The minimum atomic E-state index is -4.75. The maximum atomic E-state index is 12.4. The number of halogens is 3. The summed E-state index contributed by atoms with van der Waals surface area (Å²) in [6.45, 7) is 3.10. The summed E-state index contributed by atoms with van der Waals surface area (Å²) in [4.78, 5) is 4.42. The van der Waals surface area contributed by atoms with Gasteiger partial charge in [0, 0.05) is 30.3 Å². The van der Waals surface area contributed by atoms with Crippen LogP contribution in [0.3, 0.4) is 0 Å². The summed E-state index contributed by atoms with van der Waals surface area (Å²) in [6, 6.07) is 9.52. The van der Waals surface area contributed by atoms with Gasteiger partial charge in [-0.1, -0.05) is 13.0 Å². The van der Waals surface area contributed by atoms with Crippen LogP contribution in [0.1, 0.15) is 43.2 Å². The summed E-state index contributed by atoms with van der Waals surface area (Å²) in [5.41, 5.74) is 2.66. The fourth-order valence-electron chi connectivity index (χ4n) is 4.12. The van der Waals surface area contributed by atoms with E-state index in [-0.39, 0.29) is 11.7 Å². The van der Waals surface area contributed by atoms with E-state index in [1.165, 1.54) is 24.3 Å². The zero-order valence-corrected chi connectivity index (χ0v) is 17.4. The molecule has 168 valence electrons. The number of benzene rings is 1. The average molecular weight is 445 g/mol. The zero-order valence-electron chi connectivity index (χ0n) is 17.4. The van der Waals surface area contributed by atoms with Crippen molar-refractivity contribution in [3.63, 3.8) is 0 Å². The van der Waals surface area contributed by atoms with Gasteiger partial charge >= 0.3 is 6.36 Å². The molecule has 1 saturated carbocycles. The number of allylic oxidation sites excluding steroid dienone is 2. The number of ether oxygens (including phenoxy) is 3. The first-order chi connectivity index (χ1) is 15.3. The van der Waals surface area contributed by atoms with E-state index < -0.39 is 12.1 Å². The first kappa shape index (κ1) is 22.1. The number of anilines is 2. The van der Waals surface area contributed by atoms with Crippen LogP contribution in [0.15, 0.2) is 42.6 Å². The predicted molar refractivity (Wildman–Crippen MR) is 111 cm³/mol. The van der Waals surface area contributed by atoms with E-state index in [9.17, 15) is 18.4 Å². The molecule has 0 radical (unpaired) electrons. The Balaban J connectivity index is 1.63. The van der Waals surface area contributed by atoms with Crippen LogP contribution in [0.5, 0.6) is 5.75 Å². The Morgan fingerprint density at radius 3 is 2.53 bits per heavy atom. The molecule has 4 rings (SSSR count). The third kappa shape index (κ3) is 4.71. The van der Waals surface area contributed by atoms with Gasteiger partial charge in [-0.3, -0.25) is 0 Å². The third-order valence-electron chi connectivity index (χ3n) is 5.50. The molecule has 9 heteroatoms. The fourth-order valence-corrected chi connectivity index (χ4v) is 4.12. The number of hydrogen-bond acceptors (Lipinski definition) is 6. The van der Waals surface area contributed by atoms with E-state index in [1.807, 2.05) is 19.1 Å². The van der Waals surface area contributed by atoms with Gasteiger partial charge in [0.1, 0.15) is 11.6 Å². The molecule has 32 heavy (non-hydrogen) atoms. The molecule has 1 aliphatic heterocycles. The average Bonchev–Trinajstić information content (AvgIpc) is 3.22. The summed E-state index contributed by atoms with van der Waals surface area (Å²) in [5, 5.41) is 12.9. The Morgan fingerprint density at radius 2 is 1.94 bits per heavy atom. The highest BCUT2D eigenvalue weighted by molar-refractivity contribution is 5.86. The van der Waals surface area contributed by atoms with Crippen molar-refractivity contribution in [2.45, 2.75) is 44.3 Å². The molecule has 1 aromatic heterocycles. The summed E-state index contributed by atoms with van der Waals surface area (Å²) in [6.07, 6.45) is 0.793. The number of nitrogens with zero attached hydrogens (tertiary/aromatic N) is 2. The second-order valence-electron chi connectivity index (χ2n) is 7.67. The van der Waals surface area contributed by atoms with Gasteiger partial charge in [0.05, 0.1) is 24.9 Å². The highest BCUT2D eigenvalue weighted by atomic mass is 19.4. The number of aromatic nitrogens is 1. The number of rotatable bonds is 6. The van der Waals surface area contributed by atoms with Crippen molar-refractivity contribution in [2.24, 2.45) is 0 Å². The molecular formula is C23H22F3N3O3. The molecular weight excluding hydrogens is 423 g/mol. The molecule has 1 saturated heterocycles. The Labute approximate surface area is 183 Å². The van der Waals surface area contributed by atoms with Crippen LogP contribution in [0.4, 0.5) is 24.7 Å². The highest BCUT2D eigenvalue weighted by Gasteiger charge is 2.50. The minimum absolute atomic E-state index is 0.141. The van der Waals surface area contributed by atoms with Crippen LogP contribution in [0.2, 0.25) is 0 Å². The Hall–Kier alpha value is -3.09. The predicted octanol–water partition coefficient (Wildman–Crippen LogP) is 5.66. The number of pyridine rings is 1. The maximum Gasteiger partial charge on any atom is 0.573 e. The Morgan fingerprint density at radius 1 is 1.25 bits per heavy atom. The zero-order chi connectivity index (χ0) is 22.8. The van der Waals surface area contributed by atoms with Crippen molar-refractivity contribution in [3.8, 4) is 11.8 Å². The molecule has 2 aliphatic rings. The van der Waals surface area contributed by atoms with Crippen molar-refractivity contribution in [1.82, 2.24) is 4.98 Å². The lowest BCUT2D eigenvalue weighted by Gasteiger charge is -2.43. The van der Waals surface area contributed by atoms with Gasteiger partial charge in [0.25, 0.3) is 0 Å². The van der Waals surface area contributed by atoms with Gasteiger partial charge in [-0.25, -0.2) is 4.98 Å². The van der Waals surface area contributed by atoms with Crippen molar-refractivity contribution in [2.75, 3.05) is 18.5 Å². The Kier molecular flexibility index (Phi) is 6.09. The van der Waals surface area contributed by atoms with Gasteiger partial charge in [-0.2, -0.15) is 5.26 Å². The van der Waals surface area contributed by atoms with Crippen LogP contribution >= 0.6 is 0 Å². The highest BCUT2D eigenvalue weighted by Crippen LogP contribution is 2.51. The maximum absolute atomic E-state index is 12.4. The van der Waals surface area contributed by atoms with Gasteiger partial charge in [-0.05, 0) is 48.2 Å². The van der Waals surface area contributed by atoms with Crippen LogP contribution in [0, 0.1) is 11.3 Å². The van der Waals surface area contributed by atoms with E-state index >= 15 is 0 Å². The van der Waals surface area contributed by atoms with E-state index in [0.717, 1.165) is 5.56 Å². The third-order valence-corrected chi connectivity index (χ3v) is 5.50. The van der Waals surface area contributed by atoms with E-state index in [0.29, 0.717) is 55.1 Å². The molecule has 1 aliphatic carbocycles. The molecule has 1 spiro atoms. The number of hydrogen-bond donors (Lipinski definition) is 1. The topological polar surface area (TPSA) is 76.4 Å². The number of alkyl halides is 3. The van der Waals surface area contributed by atoms with Gasteiger partial charge in [0.2, 0.25) is 0 Å². The van der Waals surface area contributed by atoms with Gasteiger partial charge in [0.15, 0.2) is 5.79 Å². The SMILES string of the molecule is CC/C=C(\C#N)c1c(C2CC3(C2)OCCO3)ccnc1Nc1ccc(OC(F)(F)F)cc1. The molecule has 6 nitrogen and oxygen atoms in total. The van der Waals surface area contributed by atoms with Crippen LogP contribution in [0.25, 0.3) is 5.57 Å². The summed E-state index contributed by atoms with van der Waals surface area (Å²) >= 11 is 0. The molecule has 2 aromatic rings.